The third kappa shape index (κ3) is 9.19. The molecule has 2 saturated heterocycles. The van der Waals surface area contributed by atoms with Gasteiger partial charge in [0.05, 0.1) is 27.4 Å². The Bertz CT molecular complexity index is 2140. The number of esters is 1. The Hall–Kier alpha value is -4.80. The number of rotatable bonds is 18. The lowest BCUT2D eigenvalue weighted by Crippen LogP contribution is -2.49. The molecule has 2 unspecified atom stereocenters. The Labute approximate surface area is 346 Å². The number of ether oxygens (including phenoxy) is 6. The number of methoxy groups -OCH3 is 2. The fourth-order valence-electron chi connectivity index (χ4n) is 7.96. The van der Waals surface area contributed by atoms with Gasteiger partial charge in [0.15, 0.2) is 6.23 Å². The predicted octanol–water partition coefficient (Wildman–Crippen LogP) is 6.39. The van der Waals surface area contributed by atoms with Crippen LogP contribution >= 0.6 is 8.30 Å². The molecule has 3 heterocycles. The van der Waals surface area contributed by atoms with Gasteiger partial charge >= 0.3 is 11.7 Å². The second-order valence-electron chi connectivity index (χ2n) is 15.9. The molecule has 314 valence electrons. The van der Waals surface area contributed by atoms with E-state index in [4.69, 9.17) is 39.4 Å². The molecule has 0 amide bonds. The molecule has 4 aromatic rings. The van der Waals surface area contributed by atoms with Gasteiger partial charge in [0.25, 0.3) is 5.56 Å². The number of benzene rings is 3. The van der Waals surface area contributed by atoms with Gasteiger partial charge in [-0.2, -0.15) is 0 Å². The van der Waals surface area contributed by atoms with Crippen molar-refractivity contribution < 1.29 is 37.7 Å². The summed E-state index contributed by atoms with van der Waals surface area (Å²) in [6.45, 7) is 11.7. The lowest BCUT2D eigenvalue weighted by molar-refractivity contribution is -0.203. The predicted molar refractivity (Wildman–Crippen MR) is 225 cm³/mol. The zero-order chi connectivity index (χ0) is 42.5. The van der Waals surface area contributed by atoms with Crippen LogP contribution in [0.15, 0.2) is 101 Å². The Kier molecular flexibility index (Phi) is 13.5. The summed E-state index contributed by atoms with van der Waals surface area (Å²) in [5, 5.41) is 0. The summed E-state index contributed by atoms with van der Waals surface area (Å²) >= 11 is 0. The van der Waals surface area contributed by atoms with E-state index in [1.807, 2.05) is 107 Å². The van der Waals surface area contributed by atoms with Crippen molar-refractivity contribution in [2.24, 2.45) is 0 Å². The summed E-state index contributed by atoms with van der Waals surface area (Å²) in [6.07, 6.45) is 4.43. The minimum atomic E-state index is -1.72. The first-order chi connectivity index (χ1) is 28.2. The van der Waals surface area contributed by atoms with Crippen molar-refractivity contribution in [3.63, 3.8) is 0 Å². The van der Waals surface area contributed by atoms with E-state index in [0.29, 0.717) is 11.5 Å². The van der Waals surface area contributed by atoms with E-state index in [9.17, 15) is 14.4 Å². The number of nitrogens with one attached hydrogen (secondary N) is 1. The highest BCUT2D eigenvalue weighted by Gasteiger charge is 2.65. The molecule has 0 spiro atoms. The van der Waals surface area contributed by atoms with Crippen LogP contribution in [-0.2, 0) is 33.9 Å². The van der Waals surface area contributed by atoms with Crippen LogP contribution in [0, 0.1) is 12.3 Å². The topological polar surface area (TPSA) is 140 Å². The van der Waals surface area contributed by atoms with Crippen molar-refractivity contribution in [1.82, 2.24) is 14.2 Å². The van der Waals surface area contributed by atoms with Gasteiger partial charge in [0, 0.05) is 30.8 Å². The van der Waals surface area contributed by atoms with E-state index in [0.717, 1.165) is 16.7 Å². The number of nitrogens with zero attached hydrogens (tertiary/aromatic N) is 2. The second-order valence-corrected chi connectivity index (χ2v) is 17.6. The Morgan fingerprint density at radius 3 is 2.03 bits per heavy atom. The zero-order valence-electron chi connectivity index (χ0n) is 34.9. The van der Waals surface area contributed by atoms with Crippen molar-refractivity contribution >= 4 is 14.3 Å². The average Bonchev–Trinajstić information content (AvgIpc) is 3.69. The monoisotopic (exact) mass is 827 g/mol. The molecule has 59 heavy (non-hydrogen) atoms. The molecule has 5 atom stereocenters. The van der Waals surface area contributed by atoms with Crippen molar-refractivity contribution in [2.45, 2.75) is 95.3 Å². The third-order valence-corrected chi connectivity index (χ3v) is 13.0. The summed E-state index contributed by atoms with van der Waals surface area (Å²) < 4.78 is 48.5. The van der Waals surface area contributed by atoms with Gasteiger partial charge in [-0.25, -0.2) is 4.79 Å². The molecule has 6 rings (SSSR count). The van der Waals surface area contributed by atoms with Gasteiger partial charge in [-0.05, 0) is 82.5 Å². The Morgan fingerprint density at radius 1 is 0.932 bits per heavy atom. The van der Waals surface area contributed by atoms with Crippen molar-refractivity contribution in [2.75, 3.05) is 33.6 Å². The SMILES string of the molecule is C#CCC(C)(C)OC(=O)CP(OC1[C@@H]2OC[C@]1(COC(c1ccccc1)(c1ccc(OC)cc1)c1ccc(OC)cc1)O[C@H]2n1ccc(=O)[nH]c1=O)N(C(C)C)C(C)C. The van der Waals surface area contributed by atoms with E-state index in [-0.39, 0.29) is 37.9 Å². The van der Waals surface area contributed by atoms with E-state index in [1.54, 1.807) is 28.1 Å². The van der Waals surface area contributed by atoms with Gasteiger partial charge in [-0.3, -0.25) is 23.8 Å². The third-order valence-electron chi connectivity index (χ3n) is 10.5. The van der Waals surface area contributed by atoms with Crippen LogP contribution in [0.4, 0.5) is 0 Å². The van der Waals surface area contributed by atoms with Gasteiger partial charge in [-0.15, -0.1) is 12.3 Å². The number of aromatic amines is 1. The summed E-state index contributed by atoms with van der Waals surface area (Å²) in [7, 11) is 1.50. The van der Waals surface area contributed by atoms with Crippen molar-refractivity contribution in [3.05, 3.63) is 129 Å². The molecular formula is C45H54N3O10P. The van der Waals surface area contributed by atoms with Crippen molar-refractivity contribution in [1.29, 1.82) is 0 Å². The van der Waals surface area contributed by atoms with E-state index in [2.05, 4.69) is 15.6 Å². The first-order valence-electron chi connectivity index (χ1n) is 19.6. The smallest absolute Gasteiger partial charge is 0.330 e. The largest absolute Gasteiger partial charge is 0.497 e. The van der Waals surface area contributed by atoms with Gasteiger partial charge in [0.2, 0.25) is 0 Å². The highest BCUT2D eigenvalue weighted by Crippen LogP contribution is 2.55. The Balaban J connectivity index is 1.48. The molecule has 1 aromatic heterocycles. The van der Waals surface area contributed by atoms with Crippen LogP contribution < -0.4 is 20.7 Å². The maximum atomic E-state index is 13.7. The number of carbonyl (C=O) groups is 1. The molecule has 0 aliphatic carbocycles. The van der Waals surface area contributed by atoms with E-state index < -0.39 is 60.8 Å². The maximum absolute atomic E-state index is 13.7. The Morgan fingerprint density at radius 2 is 1.51 bits per heavy atom. The van der Waals surface area contributed by atoms with Gasteiger partial charge in [0.1, 0.15) is 55.0 Å². The highest BCUT2D eigenvalue weighted by molar-refractivity contribution is 7.51. The maximum Gasteiger partial charge on any atom is 0.330 e. The van der Waals surface area contributed by atoms with Crippen molar-refractivity contribution in [3.8, 4) is 23.8 Å². The number of terminal acetylenes is 1. The van der Waals surface area contributed by atoms with E-state index in [1.165, 1.54) is 16.8 Å². The normalized spacial score (nSPS) is 20.8. The molecule has 2 aliphatic heterocycles. The quantitative estimate of drug-likeness (QED) is 0.0517. The lowest BCUT2D eigenvalue weighted by atomic mass is 9.79. The van der Waals surface area contributed by atoms with Gasteiger partial charge < -0.3 is 32.9 Å². The molecule has 2 fully saturated rings. The number of hydrogen-bond acceptors (Lipinski definition) is 11. The first kappa shape index (κ1) is 43.8. The number of aromatic nitrogens is 2. The van der Waals surface area contributed by atoms with Crippen LogP contribution in [0.3, 0.4) is 0 Å². The molecule has 0 radical (unpaired) electrons. The number of carbonyl (C=O) groups excluding carboxylic acids is 1. The second kappa shape index (κ2) is 18.2. The van der Waals surface area contributed by atoms with Crippen LogP contribution in [0.5, 0.6) is 11.5 Å². The molecular weight excluding hydrogens is 773 g/mol. The van der Waals surface area contributed by atoms with Crippen LogP contribution in [0.25, 0.3) is 0 Å². The minimum absolute atomic E-state index is 0.0331. The van der Waals surface area contributed by atoms with Crippen LogP contribution in [0.2, 0.25) is 0 Å². The number of hydrogen-bond donors (Lipinski definition) is 1. The van der Waals surface area contributed by atoms with Crippen LogP contribution in [0.1, 0.15) is 70.9 Å². The van der Waals surface area contributed by atoms with Crippen LogP contribution in [-0.4, -0.2) is 89.3 Å². The molecule has 0 saturated carbocycles. The average molecular weight is 828 g/mol. The molecule has 1 N–H and O–H groups in total. The molecule has 14 heteroatoms. The standard InChI is InChI=1S/C45H54N3O10P/c1-10-25-43(6,7)56-38(50)27-59(48(30(2)3)31(4)5)58-40-39-41(47-26-24-37(49)46-42(47)51)57-44(40,28-54-39)29-55-45(32-14-12-11-13-15-32,33-16-20-35(52-8)21-17-33)34-18-22-36(53-9)23-19-34/h1,11-24,26,30-31,39-41H,25,27-29H2,2-9H3,(H,46,49,51)/t39-,40?,41+,44+,59?/m0/s1. The molecule has 13 nitrogen and oxygen atoms in total. The molecule has 3 aromatic carbocycles. The fraction of sp³-hybridized carbons (Fsp3) is 0.444. The first-order valence-corrected chi connectivity index (χ1v) is 21.0. The fourth-order valence-corrected chi connectivity index (χ4v) is 10.2. The highest BCUT2D eigenvalue weighted by atomic mass is 31.2. The summed E-state index contributed by atoms with van der Waals surface area (Å²) in [6, 6.07) is 26.4. The minimum Gasteiger partial charge on any atom is -0.497 e. The van der Waals surface area contributed by atoms with Gasteiger partial charge in [-0.1, -0.05) is 54.6 Å². The zero-order valence-corrected chi connectivity index (χ0v) is 35.8. The number of H-pyrrole nitrogens is 1. The van der Waals surface area contributed by atoms with E-state index >= 15 is 0 Å². The summed E-state index contributed by atoms with van der Waals surface area (Å²) in [4.78, 5) is 41.6. The summed E-state index contributed by atoms with van der Waals surface area (Å²) in [5.74, 6) is 3.47. The number of fused-ring (bicyclic) bond motifs is 2. The molecule has 2 aliphatic rings. The molecule has 2 bridgehead atoms. The lowest BCUT2D eigenvalue weighted by Gasteiger charge is -2.42. The summed E-state index contributed by atoms with van der Waals surface area (Å²) in [5.41, 5.74) is -2.23.